The summed E-state index contributed by atoms with van der Waals surface area (Å²) in [6, 6.07) is 5.83. The van der Waals surface area contributed by atoms with Crippen LogP contribution in [0.3, 0.4) is 0 Å². The summed E-state index contributed by atoms with van der Waals surface area (Å²) in [6.07, 6.45) is 2.61. The van der Waals surface area contributed by atoms with Gasteiger partial charge in [-0.1, -0.05) is 26.0 Å². The van der Waals surface area contributed by atoms with E-state index in [2.05, 4.69) is 13.8 Å². The van der Waals surface area contributed by atoms with Gasteiger partial charge in [-0.15, -0.1) is 0 Å². The predicted molar refractivity (Wildman–Crippen MR) is 66.9 cm³/mol. The van der Waals surface area contributed by atoms with Crippen molar-refractivity contribution in [3.05, 3.63) is 41.5 Å². The first-order valence-corrected chi connectivity index (χ1v) is 5.67. The molecule has 1 aromatic carbocycles. The minimum atomic E-state index is -0.268. The minimum Gasteiger partial charge on any atom is -0.269 e. The van der Waals surface area contributed by atoms with E-state index in [1.165, 1.54) is 22.6 Å². The normalized spacial score (nSPS) is 15.2. The average Bonchev–Trinajstić information content (AvgIpc) is 2.59. The van der Waals surface area contributed by atoms with Gasteiger partial charge in [-0.05, 0) is 30.0 Å². The molecule has 0 saturated heterocycles. The van der Waals surface area contributed by atoms with Crippen molar-refractivity contribution in [1.82, 2.24) is 0 Å². The molecule has 0 aromatic heterocycles. The van der Waals surface area contributed by atoms with E-state index in [1.54, 1.807) is 0 Å². The fraction of sp³-hybridized carbons (Fsp3) is 0.286. The van der Waals surface area contributed by atoms with Gasteiger partial charge in [0.1, 0.15) is 0 Å². The van der Waals surface area contributed by atoms with Crippen LogP contribution < -0.4 is 4.90 Å². The van der Waals surface area contributed by atoms with E-state index in [0.29, 0.717) is 11.6 Å². The van der Waals surface area contributed by atoms with Crippen LogP contribution in [0.15, 0.2) is 30.4 Å². The molecule has 0 aliphatic carbocycles. The molecule has 0 radical (unpaired) electrons. The molecule has 1 aromatic rings. The Labute approximate surface area is 101 Å². The van der Waals surface area contributed by atoms with Crippen LogP contribution in [0, 0.1) is 6.92 Å². The first-order chi connectivity index (χ1) is 8.00. The maximum absolute atomic E-state index is 11.6. The molecule has 0 N–H and O–H groups in total. The predicted octanol–water partition coefficient (Wildman–Crippen LogP) is 2.55. The lowest BCUT2D eigenvalue weighted by Crippen LogP contribution is -2.30. The highest BCUT2D eigenvalue weighted by Gasteiger charge is 2.26. The topological polar surface area (TPSA) is 37.4 Å². The Hall–Kier alpha value is -1.90. The van der Waals surface area contributed by atoms with Gasteiger partial charge in [0.05, 0.1) is 5.69 Å². The molecule has 88 valence electrons. The summed E-state index contributed by atoms with van der Waals surface area (Å²) in [4.78, 5) is 24.4. The van der Waals surface area contributed by atoms with Gasteiger partial charge in [-0.25, -0.2) is 4.90 Å². The Kier molecular flexibility index (Phi) is 2.84. The highest BCUT2D eigenvalue weighted by atomic mass is 16.2. The van der Waals surface area contributed by atoms with Crippen LogP contribution in [0.4, 0.5) is 5.69 Å². The van der Waals surface area contributed by atoms with Crippen molar-refractivity contribution in [1.29, 1.82) is 0 Å². The van der Waals surface area contributed by atoms with Crippen molar-refractivity contribution < 1.29 is 9.59 Å². The Morgan fingerprint density at radius 1 is 1.06 bits per heavy atom. The number of hydrogen-bond acceptors (Lipinski definition) is 2. The number of rotatable bonds is 2. The number of amides is 2. The lowest BCUT2D eigenvalue weighted by Gasteiger charge is -2.18. The highest BCUT2D eigenvalue weighted by molar-refractivity contribution is 6.28. The molecule has 3 heteroatoms. The third-order valence-electron chi connectivity index (χ3n) is 2.94. The van der Waals surface area contributed by atoms with Crippen molar-refractivity contribution in [2.45, 2.75) is 26.7 Å². The smallest absolute Gasteiger partial charge is 0.258 e. The third-order valence-corrected chi connectivity index (χ3v) is 2.94. The Balaban J connectivity index is 2.41. The van der Waals surface area contributed by atoms with Gasteiger partial charge < -0.3 is 0 Å². The number of imide groups is 1. The molecule has 0 bridgehead atoms. The Morgan fingerprint density at radius 3 is 2.12 bits per heavy atom. The van der Waals surface area contributed by atoms with E-state index in [0.717, 1.165) is 5.56 Å². The summed E-state index contributed by atoms with van der Waals surface area (Å²) < 4.78 is 0. The average molecular weight is 229 g/mol. The molecule has 2 amide bonds. The first-order valence-electron chi connectivity index (χ1n) is 5.67. The van der Waals surface area contributed by atoms with E-state index in [1.807, 2.05) is 25.1 Å². The molecular weight excluding hydrogens is 214 g/mol. The van der Waals surface area contributed by atoms with E-state index < -0.39 is 0 Å². The lowest BCUT2D eigenvalue weighted by atomic mass is 10.00. The molecular formula is C14H15NO2. The summed E-state index contributed by atoms with van der Waals surface area (Å²) in [5.74, 6) is -0.100. The maximum atomic E-state index is 11.6. The molecule has 0 fully saturated rings. The Morgan fingerprint density at radius 2 is 1.65 bits per heavy atom. The fourth-order valence-electron chi connectivity index (χ4n) is 1.93. The second-order valence-electron chi connectivity index (χ2n) is 4.55. The molecule has 3 nitrogen and oxygen atoms in total. The van der Waals surface area contributed by atoms with E-state index >= 15 is 0 Å². The maximum Gasteiger partial charge on any atom is 0.258 e. The van der Waals surface area contributed by atoms with Crippen molar-refractivity contribution in [2.24, 2.45) is 0 Å². The molecule has 0 saturated carbocycles. The largest absolute Gasteiger partial charge is 0.269 e. The molecule has 0 atom stereocenters. The fourth-order valence-corrected chi connectivity index (χ4v) is 1.93. The van der Waals surface area contributed by atoms with Gasteiger partial charge in [0.2, 0.25) is 0 Å². The van der Waals surface area contributed by atoms with Crippen LogP contribution in [0.2, 0.25) is 0 Å². The van der Waals surface area contributed by atoms with Gasteiger partial charge >= 0.3 is 0 Å². The van der Waals surface area contributed by atoms with Crippen molar-refractivity contribution >= 4 is 17.5 Å². The number of hydrogen-bond donors (Lipinski definition) is 0. The molecule has 0 unspecified atom stereocenters. The van der Waals surface area contributed by atoms with Crippen LogP contribution in [-0.2, 0) is 9.59 Å². The number of anilines is 1. The summed E-state index contributed by atoms with van der Waals surface area (Å²) >= 11 is 0. The van der Waals surface area contributed by atoms with Crippen LogP contribution in [-0.4, -0.2) is 11.8 Å². The van der Waals surface area contributed by atoms with Crippen LogP contribution in [0.25, 0.3) is 0 Å². The zero-order chi connectivity index (χ0) is 12.6. The molecule has 17 heavy (non-hydrogen) atoms. The van der Waals surface area contributed by atoms with Crippen LogP contribution >= 0.6 is 0 Å². The van der Waals surface area contributed by atoms with Crippen molar-refractivity contribution in [3.8, 4) is 0 Å². The third kappa shape index (κ3) is 2.00. The van der Waals surface area contributed by atoms with Crippen LogP contribution in [0.5, 0.6) is 0 Å². The Bertz CT molecular complexity index is 497. The van der Waals surface area contributed by atoms with E-state index in [9.17, 15) is 9.59 Å². The van der Waals surface area contributed by atoms with Gasteiger partial charge in [-0.2, -0.15) is 0 Å². The number of benzene rings is 1. The zero-order valence-electron chi connectivity index (χ0n) is 10.2. The lowest BCUT2D eigenvalue weighted by molar-refractivity contribution is -0.119. The van der Waals surface area contributed by atoms with Gasteiger partial charge in [0.15, 0.2) is 0 Å². The minimum absolute atomic E-state index is 0.268. The zero-order valence-corrected chi connectivity index (χ0v) is 10.2. The summed E-state index contributed by atoms with van der Waals surface area (Å²) in [7, 11) is 0. The molecule has 0 spiro atoms. The number of aryl methyl sites for hydroxylation is 1. The standard InChI is InChI=1S/C14H15NO2/c1-9(2)11-4-5-12(10(3)8-11)15-13(16)6-7-14(15)17/h4-9H,1-3H3. The SMILES string of the molecule is Cc1cc(C(C)C)ccc1N1C(=O)C=CC1=O. The quantitative estimate of drug-likeness (QED) is 0.731. The first kappa shape index (κ1) is 11.6. The van der Waals surface area contributed by atoms with Crippen molar-refractivity contribution in [3.63, 3.8) is 0 Å². The van der Waals surface area contributed by atoms with Crippen molar-refractivity contribution in [2.75, 3.05) is 4.90 Å². The number of nitrogens with zero attached hydrogens (tertiary/aromatic N) is 1. The van der Waals surface area contributed by atoms with E-state index in [-0.39, 0.29) is 11.8 Å². The second-order valence-corrected chi connectivity index (χ2v) is 4.55. The highest BCUT2D eigenvalue weighted by Crippen LogP contribution is 2.26. The molecule has 1 aliphatic heterocycles. The number of carbonyl (C=O) groups excluding carboxylic acids is 2. The monoisotopic (exact) mass is 229 g/mol. The van der Waals surface area contributed by atoms with Gasteiger partial charge in [0, 0.05) is 12.2 Å². The van der Waals surface area contributed by atoms with Crippen LogP contribution in [0.1, 0.15) is 30.9 Å². The van der Waals surface area contributed by atoms with Gasteiger partial charge in [-0.3, -0.25) is 9.59 Å². The molecule has 1 heterocycles. The second kappa shape index (κ2) is 4.17. The number of carbonyl (C=O) groups is 2. The summed E-state index contributed by atoms with van der Waals surface area (Å²) in [5, 5.41) is 0. The van der Waals surface area contributed by atoms with E-state index in [4.69, 9.17) is 0 Å². The molecule has 2 rings (SSSR count). The molecule has 1 aliphatic rings. The summed E-state index contributed by atoms with van der Waals surface area (Å²) in [5.41, 5.74) is 2.83. The van der Waals surface area contributed by atoms with Gasteiger partial charge in [0.25, 0.3) is 11.8 Å². The summed E-state index contributed by atoms with van der Waals surface area (Å²) in [6.45, 7) is 6.14.